The van der Waals surface area contributed by atoms with Crippen LogP contribution in [0.25, 0.3) is 10.9 Å². The first-order valence-corrected chi connectivity index (χ1v) is 7.55. The Labute approximate surface area is 136 Å². The maximum atomic E-state index is 11.9. The quantitative estimate of drug-likeness (QED) is 0.403. The highest BCUT2D eigenvalue weighted by molar-refractivity contribution is 9.10. The minimum Gasteiger partial charge on any atom is -0.336 e. The molecule has 0 bridgehead atoms. The summed E-state index contributed by atoms with van der Waals surface area (Å²) in [5.74, 6) is -0.412. The molecule has 110 valence electrons. The smallest absolute Gasteiger partial charge is 0.336 e. The Kier molecular flexibility index (Phi) is 4.34. The van der Waals surface area contributed by atoms with Crippen LogP contribution in [0.3, 0.4) is 0 Å². The minimum absolute atomic E-state index is 0.126. The highest BCUT2D eigenvalue weighted by Gasteiger charge is 2.07. The van der Waals surface area contributed by atoms with E-state index in [1.165, 1.54) is 6.21 Å². The predicted octanol–water partition coefficient (Wildman–Crippen LogP) is 3.98. The zero-order valence-corrected chi connectivity index (χ0v) is 13.2. The summed E-state index contributed by atoms with van der Waals surface area (Å²) in [6.07, 6.45) is 3.37. The fourth-order valence-corrected chi connectivity index (χ4v) is 2.56. The van der Waals surface area contributed by atoms with Gasteiger partial charge in [0.05, 0.1) is 6.21 Å². The lowest BCUT2D eigenvalue weighted by Gasteiger charge is -2.02. The first kappa shape index (κ1) is 14.5. The van der Waals surface area contributed by atoms with Crippen LogP contribution < -0.4 is 0 Å². The lowest BCUT2D eigenvalue weighted by molar-refractivity contribution is -0.144. The standard InChI is InChI=1S/C17H13BrN2O2/c18-15-7-3-1-6-14(15)11-19-22-17(21)12-20-10-9-13-5-2-4-8-16(13)20/h1-11H,12H2. The Morgan fingerprint density at radius 2 is 1.91 bits per heavy atom. The lowest BCUT2D eigenvalue weighted by atomic mass is 10.2. The van der Waals surface area contributed by atoms with Crippen molar-refractivity contribution in [3.05, 3.63) is 70.8 Å². The Morgan fingerprint density at radius 3 is 2.77 bits per heavy atom. The van der Waals surface area contributed by atoms with Gasteiger partial charge in [0.25, 0.3) is 0 Å². The number of hydrogen-bond donors (Lipinski definition) is 0. The monoisotopic (exact) mass is 356 g/mol. The number of carbonyl (C=O) groups is 1. The summed E-state index contributed by atoms with van der Waals surface area (Å²) in [6.45, 7) is 0.126. The van der Waals surface area contributed by atoms with Gasteiger partial charge in [-0.2, -0.15) is 0 Å². The van der Waals surface area contributed by atoms with E-state index in [1.54, 1.807) is 0 Å². The molecule has 0 unspecified atom stereocenters. The van der Waals surface area contributed by atoms with E-state index in [0.29, 0.717) is 0 Å². The van der Waals surface area contributed by atoms with Crippen molar-refractivity contribution in [1.29, 1.82) is 0 Å². The summed E-state index contributed by atoms with van der Waals surface area (Å²) < 4.78 is 2.73. The molecule has 3 aromatic rings. The molecule has 0 N–H and O–H groups in total. The molecule has 22 heavy (non-hydrogen) atoms. The molecule has 0 spiro atoms. The maximum absolute atomic E-state index is 11.9. The van der Waals surface area contributed by atoms with Crippen molar-refractivity contribution in [1.82, 2.24) is 4.57 Å². The van der Waals surface area contributed by atoms with Gasteiger partial charge in [-0.25, -0.2) is 4.79 Å². The van der Waals surface area contributed by atoms with Crippen LogP contribution in [0.1, 0.15) is 5.56 Å². The third-order valence-corrected chi connectivity index (χ3v) is 3.95. The number of hydrogen-bond acceptors (Lipinski definition) is 3. The Bertz CT molecular complexity index is 839. The molecule has 5 heteroatoms. The van der Waals surface area contributed by atoms with Gasteiger partial charge < -0.3 is 9.40 Å². The van der Waals surface area contributed by atoms with Crippen LogP contribution in [0.5, 0.6) is 0 Å². The maximum Gasteiger partial charge on any atom is 0.354 e. The molecule has 0 saturated heterocycles. The van der Waals surface area contributed by atoms with E-state index in [1.807, 2.05) is 65.4 Å². The number of aromatic nitrogens is 1. The van der Waals surface area contributed by atoms with Crippen molar-refractivity contribution < 1.29 is 9.63 Å². The van der Waals surface area contributed by atoms with Gasteiger partial charge in [0.2, 0.25) is 0 Å². The van der Waals surface area contributed by atoms with Crippen molar-refractivity contribution in [3.8, 4) is 0 Å². The zero-order chi connectivity index (χ0) is 15.4. The topological polar surface area (TPSA) is 43.6 Å². The van der Waals surface area contributed by atoms with Gasteiger partial charge in [0.1, 0.15) is 6.54 Å². The second-order valence-corrected chi connectivity index (χ2v) is 5.58. The predicted molar refractivity (Wildman–Crippen MR) is 89.8 cm³/mol. The van der Waals surface area contributed by atoms with Crippen LogP contribution in [0.15, 0.2) is 70.4 Å². The van der Waals surface area contributed by atoms with Crippen molar-refractivity contribution in [2.75, 3.05) is 0 Å². The van der Waals surface area contributed by atoms with Crippen molar-refractivity contribution in [2.45, 2.75) is 6.54 Å². The van der Waals surface area contributed by atoms with E-state index in [2.05, 4.69) is 21.1 Å². The fraction of sp³-hybridized carbons (Fsp3) is 0.0588. The molecule has 0 aliphatic heterocycles. The summed E-state index contributed by atoms with van der Waals surface area (Å²) in [4.78, 5) is 16.8. The number of oxime groups is 1. The van der Waals surface area contributed by atoms with Crippen LogP contribution in [-0.2, 0) is 16.2 Å². The second kappa shape index (κ2) is 6.58. The van der Waals surface area contributed by atoms with Gasteiger partial charge in [-0.1, -0.05) is 57.5 Å². The molecule has 2 aromatic carbocycles. The number of carbonyl (C=O) groups excluding carboxylic acids is 1. The largest absolute Gasteiger partial charge is 0.354 e. The number of benzene rings is 2. The summed E-state index contributed by atoms with van der Waals surface area (Å²) in [5, 5.41) is 4.83. The van der Waals surface area contributed by atoms with Crippen molar-refractivity contribution in [2.24, 2.45) is 5.16 Å². The van der Waals surface area contributed by atoms with Gasteiger partial charge in [-0.05, 0) is 23.6 Å². The molecule has 0 saturated carbocycles. The molecule has 1 aromatic heterocycles. The van der Waals surface area contributed by atoms with Crippen LogP contribution in [0, 0.1) is 0 Å². The number of halogens is 1. The summed E-state index contributed by atoms with van der Waals surface area (Å²) in [5.41, 5.74) is 1.84. The summed E-state index contributed by atoms with van der Waals surface area (Å²) in [6, 6.07) is 17.4. The molecule has 3 rings (SSSR count). The summed E-state index contributed by atoms with van der Waals surface area (Å²) in [7, 11) is 0. The van der Waals surface area contributed by atoms with Gasteiger partial charge >= 0.3 is 5.97 Å². The molecule has 0 fully saturated rings. The average Bonchev–Trinajstić information content (AvgIpc) is 2.92. The normalized spacial score (nSPS) is 11.1. The first-order chi connectivity index (χ1) is 10.7. The lowest BCUT2D eigenvalue weighted by Crippen LogP contribution is -2.10. The van der Waals surface area contributed by atoms with Crippen LogP contribution in [0.4, 0.5) is 0 Å². The highest BCUT2D eigenvalue weighted by atomic mass is 79.9. The molecular weight excluding hydrogens is 344 g/mol. The molecular formula is C17H13BrN2O2. The van der Waals surface area contributed by atoms with Gasteiger partial charge in [-0.3, -0.25) is 0 Å². The molecule has 0 atom stereocenters. The van der Waals surface area contributed by atoms with E-state index >= 15 is 0 Å². The average molecular weight is 357 g/mol. The SMILES string of the molecule is O=C(Cn1ccc2ccccc21)ON=Cc1ccccc1Br. The highest BCUT2D eigenvalue weighted by Crippen LogP contribution is 2.15. The van der Waals surface area contributed by atoms with Crippen molar-refractivity contribution in [3.63, 3.8) is 0 Å². The van der Waals surface area contributed by atoms with Crippen LogP contribution >= 0.6 is 15.9 Å². The Hall–Kier alpha value is -2.40. The number of fused-ring (bicyclic) bond motifs is 1. The number of rotatable bonds is 4. The van der Waals surface area contributed by atoms with E-state index in [0.717, 1.165) is 20.9 Å². The molecule has 4 nitrogen and oxygen atoms in total. The molecule has 0 aliphatic carbocycles. The van der Waals surface area contributed by atoms with Crippen LogP contribution in [0.2, 0.25) is 0 Å². The van der Waals surface area contributed by atoms with E-state index < -0.39 is 5.97 Å². The van der Waals surface area contributed by atoms with Gasteiger partial charge in [0, 0.05) is 21.7 Å². The van der Waals surface area contributed by atoms with E-state index in [-0.39, 0.29) is 6.54 Å². The van der Waals surface area contributed by atoms with Crippen LogP contribution in [-0.4, -0.2) is 16.8 Å². The Balaban J connectivity index is 1.65. The number of para-hydroxylation sites is 1. The molecule has 0 radical (unpaired) electrons. The minimum atomic E-state index is -0.412. The van der Waals surface area contributed by atoms with Crippen molar-refractivity contribution >= 4 is 39.0 Å². The molecule has 1 heterocycles. The molecule has 0 aliphatic rings. The third kappa shape index (κ3) is 3.26. The van der Waals surface area contributed by atoms with Gasteiger partial charge in [-0.15, -0.1) is 0 Å². The van der Waals surface area contributed by atoms with Gasteiger partial charge in [0.15, 0.2) is 0 Å². The summed E-state index contributed by atoms with van der Waals surface area (Å²) >= 11 is 3.40. The fourth-order valence-electron chi connectivity index (χ4n) is 2.17. The Morgan fingerprint density at radius 1 is 1.14 bits per heavy atom. The first-order valence-electron chi connectivity index (χ1n) is 6.75. The number of nitrogens with zero attached hydrogens (tertiary/aromatic N) is 2. The zero-order valence-electron chi connectivity index (χ0n) is 11.6. The van der Waals surface area contributed by atoms with E-state index in [9.17, 15) is 4.79 Å². The third-order valence-electron chi connectivity index (χ3n) is 3.23. The molecule has 0 amide bonds. The van der Waals surface area contributed by atoms with E-state index in [4.69, 9.17) is 4.84 Å². The second-order valence-electron chi connectivity index (χ2n) is 4.72.